The lowest BCUT2D eigenvalue weighted by Gasteiger charge is -2.14. The summed E-state index contributed by atoms with van der Waals surface area (Å²) in [6, 6.07) is 0. The van der Waals surface area contributed by atoms with Crippen molar-refractivity contribution >= 4 is 5.91 Å². The fourth-order valence-electron chi connectivity index (χ4n) is 1.23. The highest BCUT2D eigenvalue weighted by Crippen LogP contribution is 2.00. The molecule has 6 heteroatoms. The molecule has 0 aliphatic rings. The zero-order valence-electron chi connectivity index (χ0n) is 8.81. The number of H-pyrrole nitrogens is 1. The average Bonchev–Trinajstić information content (AvgIpc) is 2.76. The first-order chi connectivity index (χ1) is 7.25. The van der Waals surface area contributed by atoms with Crippen LogP contribution in [-0.4, -0.2) is 51.3 Å². The molecule has 0 saturated carbocycles. The first kappa shape index (κ1) is 11.6. The molecule has 0 radical (unpaired) electrons. The van der Waals surface area contributed by atoms with Gasteiger partial charge in [0, 0.05) is 20.2 Å². The molecular formula is C9H16N4O2. The maximum Gasteiger partial charge on any atom is 0.290 e. The third-order valence-electron chi connectivity index (χ3n) is 2.12. The van der Waals surface area contributed by atoms with E-state index in [-0.39, 0.29) is 18.3 Å². The fraction of sp³-hybridized carbons (Fsp3) is 0.667. The van der Waals surface area contributed by atoms with Crippen molar-refractivity contribution in [3.63, 3.8) is 0 Å². The number of carbonyl (C=O) groups is 1. The summed E-state index contributed by atoms with van der Waals surface area (Å²) in [7, 11) is 1.73. The van der Waals surface area contributed by atoms with Crippen LogP contribution in [0.4, 0.5) is 0 Å². The summed E-state index contributed by atoms with van der Waals surface area (Å²) in [6.07, 6.45) is 3.90. The molecule has 0 aromatic carbocycles. The number of aliphatic hydroxyl groups is 1. The van der Waals surface area contributed by atoms with Gasteiger partial charge >= 0.3 is 0 Å². The van der Waals surface area contributed by atoms with Gasteiger partial charge in [-0.15, -0.1) is 0 Å². The van der Waals surface area contributed by atoms with Gasteiger partial charge in [0.1, 0.15) is 6.33 Å². The Balaban J connectivity index is 2.28. The number of nitrogens with one attached hydrogen (secondary N) is 1. The van der Waals surface area contributed by atoms with Crippen molar-refractivity contribution in [2.24, 2.45) is 0 Å². The molecule has 2 N–H and O–H groups in total. The van der Waals surface area contributed by atoms with Crippen LogP contribution in [0.15, 0.2) is 6.33 Å². The predicted molar refractivity (Wildman–Crippen MR) is 54.3 cm³/mol. The Morgan fingerprint density at radius 3 is 2.93 bits per heavy atom. The first-order valence-electron chi connectivity index (χ1n) is 4.97. The molecule has 0 atom stereocenters. The second-order valence-corrected chi connectivity index (χ2v) is 3.35. The highest BCUT2D eigenvalue weighted by atomic mass is 16.2. The van der Waals surface area contributed by atoms with Gasteiger partial charge in [0.25, 0.3) is 5.91 Å². The molecule has 15 heavy (non-hydrogen) atoms. The van der Waals surface area contributed by atoms with Crippen LogP contribution in [0, 0.1) is 0 Å². The van der Waals surface area contributed by atoms with Gasteiger partial charge in [-0.25, -0.2) is 4.98 Å². The van der Waals surface area contributed by atoms with Crippen molar-refractivity contribution in [1.29, 1.82) is 0 Å². The summed E-state index contributed by atoms with van der Waals surface area (Å²) in [6.45, 7) is 0.874. The molecule has 0 saturated heterocycles. The number of carbonyl (C=O) groups excluding carboxylic acids is 1. The molecule has 1 rings (SSSR count). The second kappa shape index (κ2) is 6.13. The minimum atomic E-state index is -0.156. The van der Waals surface area contributed by atoms with E-state index >= 15 is 0 Å². The Morgan fingerprint density at radius 2 is 2.33 bits per heavy atom. The van der Waals surface area contributed by atoms with E-state index in [9.17, 15) is 4.79 Å². The summed E-state index contributed by atoms with van der Waals surface area (Å²) in [5.41, 5.74) is 0. The van der Waals surface area contributed by atoms with E-state index in [0.29, 0.717) is 6.54 Å². The number of aromatic nitrogens is 3. The first-order valence-corrected chi connectivity index (χ1v) is 4.97. The fourth-order valence-corrected chi connectivity index (χ4v) is 1.23. The van der Waals surface area contributed by atoms with Crippen LogP contribution in [0.2, 0.25) is 0 Å². The SMILES string of the molecule is CN(CCCCCO)C(=O)c1ncn[nH]1. The monoisotopic (exact) mass is 212 g/mol. The molecule has 84 valence electrons. The minimum Gasteiger partial charge on any atom is -0.396 e. The Hall–Kier alpha value is -1.43. The Bertz CT molecular complexity index is 286. The minimum absolute atomic E-state index is 0.156. The van der Waals surface area contributed by atoms with Crippen LogP contribution in [-0.2, 0) is 0 Å². The van der Waals surface area contributed by atoms with Gasteiger partial charge in [-0.3, -0.25) is 9.89 Å². The van der Waals surface area contributed by atoms with Gasteiger partial charge in [-0.1, -0.05) is 0 Å². The number of aromatic amines is 1. The van der Waals surface area contributed by atoms with Crippen LogP contribution < -0.4 is 0 Å². The van der Waals surface area contributed by atoms with E-state index in [0.717, 1.165) is 19.3 Å². The van der Waals surface area contributed by atoms with Crippen LogP contribution in [0.3, 0.4) is 0 Å². The van der Waals surface area contributed by atoms with Gasteiger partial charge in [0.05, 0.1) is 0 Å². The predicted octanol–water partition coefficient (Wildman–Crippen LogP) is 0.0393. The summed E-state index contributed by atoms with van der Waals surface area (Å²) >= 11 is 0. The molecule has 0 aliphatic heterocycles. The molecule has 0 unspecified atom stereocenters. The molecule has 1 heterocycles. The number of amides is 1. The maximum atomic E-state index is 11.6. The normalized spacial score (nSPS) is 10.3. The number of hydrogen-bond acceptors (Lipinski definition) is 4. The van der Waals surface area contributed by atoms with Gasteiger partial charge in [0.15, 0.2) is 0 Å². The number of rotatable bonds is 6. The highest BCUT2D eigenvalue weighted by molar-refractivity contribution is 5.90. The van der Waals surface area contributed by atoms with Crippen molar-refractivity contribution in [1.82, 2.24) is 20.1 Å². The van der Waals surface area contributed by atoms with Crippen LogP contribution in [0.25, 0.3) is 0 Å². The molecule has 6 nitrogen and oxygen atoms in total. The van der Waals surface area contributed by atoms with Crippen LogP contribution in [0.1, 0.15) is 29.9 Å². The molecule has 0 aliphatic carbocycles. The van der Waals surface area contributed by atoms with E-state index in [1.54, 1.807) is 11.9 Å². The zero-order chi connectivity index (χ0) is 11.1. The lowest BCUT2D eigenvalue weighted by molar-refractivity contribution is 0.0780. The largest absolute Gasteiger partial charge is 0.396 e. The second-order valence-electron chi connectivity index (χ2n) is 3.35. The Kier molecular flexibility index (Phi) is 4.76. The van der Waals surface area contributed by atoms with Crippen LogP contribution in [0.5, 0.6) is 0 Å². The third-order valence-corrected chi connectivity index (χ3v) is 2.12. The number of hydrogen-bond donors (Lipinski definition) is 2. The topological polar surface area (TPSA) is 82.1 Å². The zero-order valence-corrected chi connectivity index (χ0v) is 8.81. The van der Waals surface area contributed by atoms with Crippen molar-refractivity contribution in [3.8, 4) is 0 Å². The molecule has 1 aromatic rings. The molecule has 0 bridgehead atoms. The van der Waals surface area contributed by atoms with Crippen LogP contribution >= 0.6 is 0 Å². The standard InChI is InChI=1S/C9H16N4O2/c1-13(5-3-2-4-6-14)9(15)8-10-7-11-12-8/h7,14H,2-6H2,1H3,(H,10,11,12). The maximum absolute atomic E-state index is 11.6. The van der Waals surface area contributed by atoms with Gasteiger partial charge in [0.2, 0.25) is 5.82 Å². The molecule has 1 amide bonds. The molecular weight excluding hydrogens is 196 g/mol. The number of unbranched alkanes of at least 4 members (excludes halogenated alkanes) is 2. The Morgan fingerprint density at radius 1 is 1.53 bits per heavy atom. The summed E-state index contributed by atoms with van der Waals surface area (Å²) in [5, 5.41) is 14.7. The van der Waals surface area contributed by atoms with Crippen molar-refractivity contribution in [2.75, 3.05) is 20.2 Å². The van der Waals surface area contributed by atoms with Crippen molar-refractivity contribution < 1.29 is 9.90 Å². The summed E-state index contributed by atoms with van der Waals surface area (Å²) in [4.78, 5) is 17.0. The van der Waals surface area contributed by atoms with Gasteiger partial charge < -0.3 is 10.0 Å². The van der Waals surface area contributed by atoms with Gasteiger partial charge in [-0.05, 0) is 19.3 Å². The van der Waals surface area contributed by atoms with Crippen molar-refractivity contribution in [2.45, 2.75) is 19.3 Å². The summed E-state index contributed by atoms with van der Waals surface area (Å²) < 4.78 is 0. The number of nitrogens with zero attached hydrogens (tertiary/aromatic N) is 3. The van der Waals surface area contributed by atoms with E-state index in [1.807, 2.05) is 0 Å². The quantitative estimate of drug-likeness (QED) is 0.652. The lowest BCUT2D eigenvalue weighted by atomic mass is 10.2. The molecule has 1 aromatic heterocycles. The lowest BCUT2D eigenvalue weighted by Crippen LogP contribution is -2.28. The van der Waals surface area contributed by atoms with E-state index in [2.05, 4.69) is 15.2 Å². The van der Waals surface area contributed by atoms with E-state index in [1.165, 1.54) is 6.33 Å². The smallest absolute Gasteiger partial charge is 0.290 e. The average molecular weight is 212 g/mol. The van der Waals surface area contributed by atoms with E-state index < -0.39 is 0 Å². The van der Waals surface area contributed by atoms with Gasteiger partial charge in [-0.2, -0.15) is 5.10 Å². The molecule has 0 fully saturated rings. The van der Waals surface area contributed by atoms with Crippen molar-refractivity contribution in [3.05, 3.63) is 12.2 Å². The summed E-state index contributed by atoms with van der Waals surface area (Å²) in [5.74, 6) is 0.108. The number of aliphatic hydroxyl groups excluding tert-OH is 1. The third kappa shape index (κ3) is 3.67. The van der Waals surface area contributed by atoms with E-state index in [4.69, 9.17) is 5.11 Å². The highest BCUT2D eigenvalue weighted by Gasteiger charge is 2.13. The molecule has 0 spiro atoms. The Labute approximate surface area is 88.3 Å².